The van der Waals surface area contributed by atoms with Gasteiger partial charge >= 0.3 is 12.1 Å². The van der Waals surface area contributed by atoms with Crippen LogP contribution in [0.1, 0.15) is 24.0 Å². The fraction of sp³-hybridized carbons (Fsp3) is 0.333. The van der Waals surface area contributed by atoms with Crippen LogP contribution in [0, 0.1) is 5.92 Å². The van der Waals surface area contributed by atoms with E-state index in [1.165, 1.54) is 0 Å². The molecule has 0 spiro atoms. The highest BCUT2D eigenvalue weighted by Gasteiger charge is 2.30. The van der Waals surface area contributed by atoms with Crippen LogP contribution in [-0.2, 0) is 27.5 Å². The van der Waals surface area contributed by atoms with E-state index in [9.17, 15) is 9.59 Å². The molecule has 1 aliphatic heterocycles. The van der Waals surface area contributed by atoms with Gasteiger partial charge in [0.2, 0.25) is 0 Å². The lowest BCUT2D eigenvalue weighted by molar-refractivity contribution is -0.151. The zero-order valence-electron chi connectivity index (χ0n) is 14.7. The minimum absolute atomic E-state index is 0.235. The molecule has 5 nitrogen and oxygen atoms in total. The number of carbonyl (C=O) groups is 2. The SMILES string of the molecule is O=C(OCc1ccccc1)[C@@H]1CCCN(C(=O)OCc2ccccc2)C1. The number of ether oxygens (including phenoxy) is 2. The Morgan fingerprint density at radius 3 is 2.08 bits per heavy atom. The van der Waals surface area contributed by atoms with E-state index in [0.717, 1.165) is 24.0 Å². The molecule has 1 amide bonds. The molecular formula is C21H23NO4. The Morgan fingerprint density at radius 1 is 0.885 bits per heavy atom. The molecule has 0 bridgehead atoms. The lowest BCUT2D eigenvalue weighted by Crippen LogP contribution is -2.43. The van der Waals surface area contributed by atoms with E-state index in [1.807, 2.05) is 60.7 Å². The number of benzene rings is 2. The number of hydrogen-bond donors (Lipinski definition) is 0. The Hall–Kier alpha value is -2.82. The number of nitrogens with zero attached hydrogens (tertiary/aromatic N) is 1. The molecule has 1 fully saturated rings. The van der Waals surface area contributed by atoms with Gasteiger partial charge in [0.25, 0.3) is 0 Å². The lowest BCUT2D eigenvalue weighted by atomic mass is 9.98. The topological polar surface area (TPSA) is 55.8 Å². The van der Waals surface area contributed by atoms with Gasteiger partial charge in [0, 0.05) is 13.1 Å². The molecule has 26 heavy (non-hydrogen) atoms. The third-order valence-electron chi connectivity index (χ3n) is 4.44. The molecule has 0 aromatic heterocycles. The van der Waals surface area contributed by atoms with E-state index in [2.05, 4.69) is 0 Å². The van der Waals surface area contributed by atoms with E-state index in [4.69, 9.17) is 9.47 Å². The minimum Gasteiger partial charge on any atom is -0.461 e. The number of hydrogen-bond acceptors (Lipinski definition) is 4. The van der Waals surface area contributed by atoms with Crippen LogP contribution in [0.15, 0.2) is 60.7 Å². The molecule has 1 saturated heterocycles. The van der Waals surface area contributed by atoms with Crippen molar-refractivity contribution >= 4 is 12.1 Å². The second-order valence-electron chi connectivity index (χ2n) is 6.42. The van der Waals surface area contributed by atoms with Crippen LogP contribution in [-0.4, -0.2) is 30.1 Å². The summed E-state index contributed by atoms with van der Waals surface area (Å²) in [5, 5.41) is 0. The summed E-state index contributed by atoms with van der Waals surface area (Å²) < 4.78 is 10.8. The molecule has 0 N–H and O–H groups in total. The van der Waals surface area contributed by atoms with Crippen molar-refractivity contribution in [1.82, 2.24) is 4.90 Å². The zero-order chi connectivity index (χ0) is 18.2. The van der Waals surface area contributed by atoms with Crippen LogP contribution in [0.3, 0.4) is 0 Å². The van der Waals surface area contributed by atoms with Gasteiger partial charge in [0.05, 0.1) is 5.92 Å². The molecule has 0 saturated carbocycles. The molecule has 1 atom stereocenters. The fourth-order valence-electron chi connectivity index (χ4n) is 2.99. The molecule has 1 aliphatic rings. The second-order valence-corrected chi connectivity index (χ2v) is 6.42. The Balaban J connectivity index is 1.47. The fourth-order valence-corrected chi connectivity index (χ4v) is 2.99. The smallest absolute Gasteiger partial charge is 0.410 e. The Labute approximate surface area is 153 Å². The van der Waals surface area contributed by atoms with E-state index in [1.54, 1.807) is 4.90 Å². The van der Waals surface area contributed by atoms with Crippen LogP contribution in [0.5, 0.6) is 0 Å². The van der Waals surface area contributed by atoms with Gasteiger partial charge in [-0.2, -0.15) is 0 Å². The number of amides is 1. The number of likely N-dealkylation sites (tertiary alicyclic amines) is 1. The van der Waals surface area contributed by atoms with Crippen molar-refractivity contribution in [2.75, 3.05) is 13.1 Å². The van der Waals surface area contributed by atoms with Gasteiger partial charge in [0.1, 0.15) is 13.2 Å². The van der Waals surface area contributed by atoms with Gasteiger partial charge in [-0.15, -0.1) is 0 Å². The highest BCUT2D eigenvalue weighted by atomic mass is 16.6. The summed E-state index contributed by atoms with van der Waals surface area (Å²) in [6.45, 7) is 1.45. The molecule has 0 aliphatic carbocycles. The molecule has 1 heterocycles. The third-order valence-corrected chi connectivity index (χ3v) is 4.44. The number of carbonyl (C=O) groups excluding carboxylic acids is 2. The Kier molecular flexibility index (Phi) is 6.25. The van der Waals surface area contributed by atoms with Crippen molar-refractivity contribution in [2.24, 2.45) is 5.92 Å². The monoisotopic (exact) mass is 353 g/mol. The molecule has 0 radical (unpaired) electrons. The Morgan fingerprint density at radius 2 is 1.46 bits per heavy atom. The first kappa shape index (κ1) is 18.0. The van der Waals surface area contributed by atoms with Crippen LogP contribution >= 0.6 is 0 Å². The quantitative estimate of drug-likeness (QED) is 0.768. The molecule has 2 aromatic rings. The maximum absolute atomic E-state index is 12.3. The summed E-state index contributed by atoms with van der Waals surface area (Å²) in [6.07, 6.45) is 1.12. The minimum atomic E-state index is -0.380. The molecule has 5 heteroatoms. The van der Waals surface area contributed by atoms with Gasteiger partial charge in [-0.05, 0) is 24.0 Å². The summed E-state index contributed by atoms with van der Waals surface area (Å²) in [5.74, 6) is -0.550. The summed E-state index contributed by atoms with van der Waals surface area (Å²) in [5.41, 5.74) is 1.90. The summed E-state index contributed by atoms with van der Waals surface area (Å²) in [7, 11) is 0. The highest BCUT2D eigenvalue weighted by Crippen LogP contribution is 2.19. The van der Waals surface area contributed by atoms with Crippen molar-refractivity contribution in [3.63, 3.8) is 0 Å². The first-order valence-electron chi connectivity index (χ1n) is 8.88. The van der Waals surface area contributed by atoms with Crippen molar-refractivity contribution in [3.05, 3.63) is 71.8 Å². The van der Waals surface area contributed by atoms with Gasteiger partial charge in [0.15, 0.2) is 0 Å². The molecule has 2 aromatic carbocycles. The van der Waals surface area contributed by atoms with E-state index < -0.39 is 0 Å². The van der Waals surface area contributed by atoms with Crippen molar-refractivity contribution < 1.29 is 19.1 Å². The predicted molar refractivity (Wildman–Crippen MR) is 97.2 cm³/mol. The highest BCUT2D eigenvalue weighted by molar-refractivity contribution is 5.74. The van der Waals surface area contributed by atoms with E-state index in [-0.39, 0.29) is 31.2 Å². The van der Waals surface area contributed by atoms with E-state index in [0.29, 0.717) is 13.1 Å². The summed E-state index contributed by atoms with van der Waals surface area (Å²) >= 11 is 0. The van der Waals surface area contributed by atoms with Crippen molar-refractivity contribution in [1.29, 1.82) is 0 Å². The normalized spacial score (nSPS) is 16.8. The molecule has 3 rings (SSSR count). The average molecular weight is 353 g/mol. The van der Waals surface area contributed by atoms with Gasteiger partial charge < -0.3 is 14.4 Å². The lowest BCUT2D eigenvalue weighted by Gasteiger charge is -2.30. The van der Waals surface area contributed by atoms with E-state index >= 15 is 0 Å². The van der Waals surface area contributed by atoms with Gasteiger partial charge in [-0.25, -0.2) is 4.79 Å². The molecule has 136 valence electrons. The van der Waals surface area contributed by atoms with Crippen LogP contribution < -0.4 is 0 Å². The maximum Gasteiger partial charge on any atom is 0.410 e. The first-order chi connectivity index (χ1) is 12.7. The Bertz CT molecular complexity index is 656. The van der Waals surface area contributed by atoms with Crippen LogP contribution in [0.25, 0.3) is 0 Å². The molecular weight excluding hydrogens is 330 g/mol. The predicted octanol–water partition coefficient (Wildman–Crippen LogP) is 3.78. The summed E-state index contributed by atoms with van der Waals surface area (Å²) in [4.78, 5) is 26.2. The van der Waals surface area contributed by atoms with Crippen LogP contribution in [0.4, 0.5) is 4.79 Å². The number of piperidine rings is 1. The van der Waals surface area contributed by atoms with Gasteiger partial charge in [-0.1, -0.05) is 60.7 Å². The maximum atomic E-state index is 12.3. The molecule has 0 unspecified atom stereocenters. The second kappa shape index (κ2) is 9.04. The number of rotatable bonds is 5. The zero-order valence-corrected chi connectivity index (χ0v) is 14.7. The third kappa shape index (κ3) is 5.09. The average Bonchev–Trinajstić information content (AvgIpc) is 2.72. The van der Waals surface area contributed by atoms with Crippen LogP contribution in [0.2, 0.25) is 0 Å². The number of esters is 1. The van der Waals surface area contributed by atoms with Gasteiger partial charge in [-0.3, -0.25) is 4.79 Å². The first-order valence-corrected chi connectivity index (χ1v) is 8.88. The van der Waals surface area contributed by atoms with Crippen molar-refractivity contribution in [2.45, 2.75) is 26.1 Å². The standard InChI is InChI=1S/C21H23NO4/c23-20(25-15-17-8-3-1-4-9-17)19-12-7-13-22(14-19)21(24)26-16-18-10-5-2-6-11-18/h1-6,8-11,19H,7,12-16H2/t19-/m1/s1. The van der Waals surface area contributed by atoms with Crippen molar-refractivity contribution in [3.8, 4) is 0 Å². The summed E-state index contributed by atoms with van der Waals surface area (Å²) in [6, 6.07) is 19.1. The largest absolute Gasteiger partial charge is 0.461 e.